The van der Waals surface area contributed by atoms with E-state index in [1.165, 1.54) is 4.90 Å². The molecule has 1 aliphatic heterocycles. The number of carbonyl (C=O) groups excluding carboxylic acids is 2. The van der Waals surface area contributed by atoms with Crippen molar-refractivity contribution in [1.29, 1.82) is 0 Å². The average Bonchev–Trinajstić information content (AvgIpc) is 2.91. The molecule has 1 aromatic heterocycles. The van der Waals surface area contributed by atoms with E-state index >= 15 is 0 Å². The second-order valence-electron chi connectivity index (χ2n) is 4.56. The molecule has 0 spiro atoms. The van der Waals surface area contributed by atoms with E-state index < -0.39 is 5.41 Å². The molecule has 2 heterocycles. The van der Waals surface area contributed by atoms with Crippen LogP contribution in [0.5, 0.6) is 0 Å². The molecule has 92 valence electrons. The van der Waals surface area contributed by atoms with E-state index in [0.717, 1.165) is 18.4 Å². The van der Waals surface area contributed by atoms with Crippen LogP contribution in [0.4, 0.5) is 0 Å². The van der Waals surface area contributed by atoms with Crippen LogP contribution in [0.15, 0.2) is 12.4 Å². The Morgan fingerprint density at radius 1 is 1.41 bits per heavy atom. The first-order valence-corrected chi connectivity index (χ1v) is 5.95. The highest BCUT2D eigenvalue weighted by molar-refractivity contribution is 6.05. The zero-order valence-corrected chi connectivity index (χ0v) is 10.2. The van der Waals surface area contributed by atoms with Gasteiger partial charge in [0.15, 0.2) is 0 Å². The molecule has 1 N–H and O–H groups in total. The fraction of sp³-hybridized carbons (Fsp3) is 0.583. The summed E-state index contributed by atoms with van der Waals surface area (Å²) in [4.78, 5) is 25.6. The number of amides is 2. The van der Waals surface area contributed by atoms with Gasteiger partial charge in [0, 0.05) is 18.2 Å². The number of rotatable bonds is 4. The number of hydrogen-bond acceptors (Lipinski definition) is 3. The molecule has 1 saturated heterocycles. The Morgan fingerprint density at radius 3 is 2.59 bits per heavy atom. The van der Waals surface area contributed by atoms with Crippen molar-refractivity contribution in [3.05, 3.63) is 18.0 Å². The largest absolute Gasteiger partial charge is 0.285 e. The lowest BCUT2D eigenvalue weighted by molar-refractivity contribution is -0.142. The predicted molar refractivity (Wildman–Crippen MR) is 61.8 cm³/mol. The molecule has 0 saturated carbocycles. The van der Waals surface area contributed by atoms with Crippen LogP contribution in [-0.2, 0) is 16.1 Å². The lowest BCUT2D eigenvalue weighted by Crippen LogP contribution is -2.34. The maximum atomic E-state index is 12.3. The van der Waals surface area contributed by atoms with Crippen molar-refractivity contribution in [1.82, 2.24) is 15.1 Å². The van der Waals surface area contributed by atoms with Gasteiger partial charge in [0.1, 0.15) is 0 Å². The van der Waals surface area contributed by atoms with Crippen LogP contribution in [0.1, 0.15) is 38.7 Å². The van der Waals surface area contributed by atoms with Crippen molar-refractivity contribution in [3.8, 4) is 0 Å². The lowest BCUT2D eigenvalue weighted by atomic mass is 9.81. The van der Waals surface area contributed by atoms with Crippen LogP contribution >= 0.6 is 0 Å². The Labute approximate surface area is 100 Å². The predicted octanol–water partition coefficient (Wildman–Crippen LogP) is 1.47. The summed E-state index contributed by atoms with van der Waals surface area (Å²) < 4.78 is 0. The van der Waals surface area contributed by atoms with Crippen molar-refractivity contribution in [3.63, 3.8) is 0 Å². The van der Waals surface area contributed by atoms with Gasteiger partial charge in [-0.2, -0.15) is 5.10 Å². The first-order chi connectivity index (χ1) is 8.13. The third-order valence-corrected chi connectivity index (χ3v) is 3.74. The first kappa shape index (κ1) is 11.8. The minimum Gasteiger partial charge on any atom is -0.285 e. The molecule has 1 aliphatic rings. The van der Waals surface area contributed by atoms with Gasteiger partial charge in [-0.3, -0.25) is 19.6 Å². The van der Waals surface area contributed by atoms with Crippen LogP contribution in [0.2, 0.25) is 0 Å². The smallest absolute Gasteiger partial charge is 0.236 e. The molecule has 5 heteroatoms. The van der Waals surface area contributed by atoms with Gasteiger partial charge in [-0.15, -0.1) is 0 Å². The average molecular weight is 235 g/mol. The second kappa shape index (κ2) is 4.31. The number of H-pyrrole nitrogens is 1. The van der Waals surface area contributed by atoms with Gasteiger partial charge in [-0.05, 0) is 12.8 Å². The lowest BCUT2D eigenvalue weighted by Gasteiger charge is -2.23. The molecule has 2 amide bonds. The van der Waals surface area contributed by atoms with Crippen LogP contribution < -0.4 is 0 Å². The Hall–Kier alpha value is -1.65. The van der Waals surface area contributed by atoms with Gasteiger partial charge in [-0.1, -0.05) is 13.8 Å². The van der Waals surface area contributed by atoms with Gasteiger partial charge in [0.05, 0.1) is 18.2 Å². The Bertz CT molecular complexity index is 421. The van der Waals surface area contributed by atoms with Gasteiger partial charge >= 0.3 is 0 Å². The number of nitrogens with zero attached hydrogens (tertiary/aromatic N) is 2. The van der Waals surface area contributed by atoms with E-state index in [0.29, 0.717) is 13.0 Å². The summed E-state index contributed by atoms with van der Waals surface area (Å²) in [6, 6.07) is 0. The summed E-state index contributed by atoms with van der Waals surface area (Å²) in [5.41, 5.74) is 0.385. The third kappa shape index (κ3) is 1.85. The van der Waals surface area contributed by atoms with Gasteiger partial charge in [-0.25, -0.2) is 0 Å². The third-order valence-electron chi connectivity index (χ3n) is 3.74. The van der Waals surface area contributed by atoms with Crippen LogP contribution in [0, 0.1) is 5.41 Å². The Morgan fingerprint density at radius 2 is 2.12 bits per heavy atom. The van der Waals surface area contributed by atoms with Crippen LogP contribution in [0.3, 0.4) is 0 Å². The molecule has 0 unspecified atom stereocenters. The van der Waals surface area contributed by atoms with Crippen molar-refractivity contribution < 1.29 is 9.59 Å². The quantitative estimate of drug-likeness (QED) is 0.804. The normalized spacial score (nSPS) is 19.1. The molecule has 1 aromatic rings. The maximum Gasteiger partial charge on any atom is 0.236 e. The highest BCUT2D eigenvalue weighted by Gasteiger charge is 2.48. The number of carbonyl (C=O) groups is 2. The molecule has 0 aromatic carbocycles. The van der Waals surface area contributed by atoms with Crippen molar-refractivity contribution in [2.75, 3.05) is 0 Å². The molecule has 0 radical (unpaired) electrons. The molecule has 0 bridgehead atoms. The minimum atomic E-state index is -0.471. The van der Waals surface area contributed by atoms with Crippen molar-refractivity contribution in [2.24, 2.45) is 5.41 Å². The van der Waals surface area contributed by atoms with Gasteiger partial charge in [0.25, 0.3) is 0 Å². The van der Waals surface area contributed by atoms with E-state index in [9.17, 15) is 9.59 Å². The molecular weight excluding hydrogens is 218 g/mol. The molecule has 17 heavy (non-hydrogen) atoms. The number of aromatic nitrogens is 2. The van der Waals surface area contributed by atoms with E-state index in [-0.39, 0.29) is 11.8 Å². The summed E-state index contributed by atoms with van der Waals surface area (Å²) in [5, 5.41) is 6.50. The highest BCUT2D eigenvalue weighted by atomic mass is 16.2. The van der Waals surface area contributed by atoms with Gasteiger partial charge < -0.3 is 0 Å². The second-order valence-corrected chi connectivity index (χ2v) is 4.56. The van der Waals surface area contributed by atoms with Gasteiger partial charge in [0.2, 0.25) is 11.8 Å². The standard InChI is InChI=1S/C12H17N3O2/c1-3-12(4-2)5-10(16)15(11(12)17)8-9-6-13-14-7-9/h6-7H,3-5,8H2,1-2H3,(H,13,14). The van der Waals surface area contributed by atoms with E-state index in [2.05, 4.69) is 10.2 Å². The number of nitrogens with one attached hydrogen (secondary N) is 1. The Balaban J connectivity index is 2.19. The first-order valence-electron chi connectivity index (χ1n) is 5.95. The van der Waals surface area contributed by atoms with Crippen LogP contribution in [0.25, 0.3) is 0 Å². The number of imide groups is 1. The zero-order chi connectivity index (χ0) is 12.5. The van der Waals surface area contributed by atoms with Crippen molar-refractivity contribution in [2.45, 2.75) is 39.7 Å². The summed E-state index contributed by atoms with van der Waals surface area (Å²) in [6.45, 7) is 4.27. The van der Waals surface area contributed by atoms with Crippen LogP contribution in [-0.4, -0.2) is 26.9 Å². The Kier molecular flexibility index (Phi) is 3.00. The summed E-state index contributed by atoms with van der Waals surface area (Å²) in [7, 11) is 0. The summed E-state index contributed by atoms with van der Waals surface area (Å²) in [6.07, 6.45) is 5.12. The SMILES string of the molecule is CCC1(CC)CC(=O)N(Cc2cn[nH]c2)C1=O. The topological polar surface area (TPSA) is 66.1 Å². The molecule has 0 aliphatic carbocycles. The molecule has 5 nitrogen and oxygen atoms in total. The van der Waals surface area contributed by atoms with E-state index in [4.69, 9.17) is 0 Å². The van der Waals surface area contributed by atoms with E-state index in [1.54, 1.807) is 12.4 Å². The minimum absolute atomic E-state index is 0.0336. The zero-order valence-electron chi connectivity index (χ0n) is 10.2. The molecule has 2 rings (SSSR count). The number of likely N-dealkylation sites (tertiary alicyclic amines) is 1. The fourth-order valence-electron chi connectivity index (χ4n) is 2.37. The number of hydrogen-bond donors (Lipinski definition) is 1. The summed E-state index contributed by atoms with van der Waals surface area (Å²) >= 11 is 0. The highest BCUT2D eigenvalue weighted by Crippen LogP contribution is 2.39. The molecule has 0 atom stereocenters. The fourth-order valence-corrected chi connectivity index (χ4v) is 2.37. The molecule has 1 fully saturated rings. The monoisotopic (exact) mass is 235 g/mol. The number of aromatic amines is 1. The maximum absolute atomic E-state index is 12.3. The summed E-state index contributed by atoms with van der Waals surface area (Å²) in [5.74, 6) is -0.103. The molecular formula is C12H17N3O2. The van der Waals surface area contributed by atoms with E-state index in [1.807, 2.05) is 13.8 Å². The van der Waals surface area contributed by atoms with Crippen molar-refractivity contribution >= 4 is 11.8 Å².